The number of nitrogens with one attached hydrogen (secondary N) is 1. The SMILES string of the molecule is COc1ccc2c(c1)CC(NCc1cn(CC3CCOC3)nn1)CC2. The fraction of sp³-hybridized carbons (Fsp3) is 0.579. The Bertz CT molecular complexity index is 709. The van der Waals surface area contributed by atoms with E-state index in [1.807, 2.05) is 4.68 Å². The quantitative estimate of drug-likeness (QED) is 0.870. The largest absolute Gasteiger partial charge is 0.497 e. The lowest BCUT2D eigenvalue weighted by Gasteiger charge is -2.25. The van der Waals surface area contributed by atoms with E-state index in [9.17, 15) is 0 Å². The fourth-order valence-electron chi connectivity index (χ4n) is 3.78. The fourth-order valence-corrected chi connectivity index (χ4v) is 3.78. The van der Waals surface area contributed by atoms with Gasteiger partial charge < -0.3 is 14.8 Å². The lowest BCUT2D eigenvalue weighted by Crippen LogP contribution is -2.34. The van der Waals surface area contributed by atoms with Gasteiger partial charge in [0.1, 0.15) is 5.75 Å². The van der Waals surface area contributed by atoms with Crippen molar-refractivity contribution in [2.45, 2.75) is 44.8 Å². The number of fused-ring (bicyclic) bond motifs is 1. The van der Waals surface area contributed by atoms with Gasteiger partial charge in [0.15, 0.2) is 0 Å². The van der Waals surface area contributed by atoms with E-state index >= 15 is 0 Å². The van der Waals surface area contributed by atoms with Crippen LogP contribution in [0, 0.1) is 5.92 Å². The van der Waals surface area contributed by atoms with Gasteiger partial charge >= 0.3 is 0 Å². The molecule has 1 saturated heterocycles. The second kappa shape index (κ2) is 7.54. The smallest absolute Gasteiger partial charge is 0.119 e. The highest BCUT2D eigenvalue weighted by Gasteiger charge is 2.20. The number of methoxy groups -OCH3 is 1. The second-order valence-electron chi connectivity index (χ2n) is 7.12. The Labute approximate surface area is 148 Å². The van der Waals surface area contributed by atoms with E-state index in [-0.39, 0.29) is 0 Å². The predicted molar refractivity (Wildman–Crippen MR) is 94.6 cm³/mol. The minimum atomic E-state index is 0.480. The van der Waals surface area contributed by atoms with E-state index in [0.29, 0.717) is 12.0 Å². The van der Waals surface area contributed by atoms with Crippen LogP contribution in [0.15, 0.2) is 24.4 Å². The molecule has 0 spiro atoms. The molecular weight excluding hydrogens is 316 g/mol. The van der Waals surface area contributed by atoms with Gasteiger partial charge in [0.2, 0.25) is 0 Å². The summed E-state index contributed by atoms with van der Waals surface area (Å²) >= 11 is 0. The third-order valence-corrected chi connectivity index (χ3v) is 5.27. The maximum Gasteiger partial charge on any atom is 0.119 e. The molecule has 2 unspecified atom stereocenters. The molecule has 1 aliphatic carbocycles. The molecule has 1 N–H and O–H groups in total. The molecule has 1 aromatic carbocycles. The first-order valence-electron chi connectivity index (χ1n) is 9.16. The van der Waals surface area contributed by atoms with E-state index in [4.69, 9.17) is 9.47 Å². The Balaban J connectivity index is 1.30. The third-order valence-electron chi connectivity index (χ3n) is 5.27. The number of ether oxygens (including phenoxy) is 2. The standard InChI is InChI=1S/C19H26N4O2/c1-24-19-5-3-15-2-4-17(8-16(15)9-19)20-10-18-12-23(22-21-18)11-14-6-7-25-13-14/h3,5,9,12,14,17,20H,2,4,6-8,10-11,13H2,1H3. The third kappa shape index (κ3) is 4.02. The van der Waals surface area contributed by atoms with Crippen LogP contribution in [0.25, 0.3) is 0 Å². The molecule has 0 amide bonds. The molecule has 1 aliphatic heterocycles. The van der Waals surface area contributed by atoms with Gasteiger partial charge in [0.05, 0.1) is 19.4 Å². The molecule has 6 heteroatoms. The van der Waals surface area contributed by atoms with Crippen LogP contribution in [-0.4, -0.2) is 41.4 Å². The number of aromatic nitrogens is 3. The molecule has 25 heavy (non-hydrogen) atoms. The molecule has 0 radical (unpaired) electrons. The minimum Gasteiger partial charge on any atom is -0.497 e. The van der Waals surface area contributed by atoms with Crippen molar-refractivity contribution in [3.63, 3.8) is 0 Å². The lowest BCUT2D eigenvalue weighted by molar-refractivity contribution is 0.181. The zero-order valence-electron chi connectivity index (χ0n) is 14.8. The van der Waals surface area contributed by atoms with E-state index < -0.39 is 0 Å². The predicted octanol–water partition coefficient (Wildman–Crippen LogP) is 1.97. The molecule has 2 heterocycles. The van der Waals surface area contributed by atoms with Crippen LogP contribution in [0.2, 0.25) is 0 Å². The summed E-state index contributed by atoms with van der Waals surface area (Å²) in [7, 11) is 1.72. The summed E-state index contributed by atoms with van der Waals surface area (Å²) < 4.78 is 12.7. The topological polar surface area (TPSA) is 61.2 Å². The number of nitrogens with zero attached hydrogens (tertiary/aromatic N) is 3. The van der Waals surface area contributed by atoms with Crippen molar-refractivity contribution in [1.29, 1.82) is 0 Å². The van der Waals surface area contributed by atoms with Crippen LogP contribution < -0.4 is 10.1 Å². The highest BCUT2D eigenvalue weighted by atomic mass is 16.5. The molecule has 2 atom stereocenters. The van der Waals surface area contributed by atoms with E-state index in [0.717, 1.165) is 63.4 Å². The van der Waals surface area contributed by atoms with Crippen LogP contribution in [0.1, 0.15) is 29.7 Å². The summed E-state index contributed by atoms with van der Waals surface area (Å²) in [6.45, 7) is 3.40. The van der Waals surface area contributed by atoms with Gasteiger partial charge in [-0.3, -0.25) is 4.68 Å². The number of rotatable bonds is 6. The Kier molecular flexibility index (Phi) is 4.99. The van der Waals surface area contributed by atoms with Gasteiger partial charge in [0.25, 0.3) is 0 Å². The highest BCUT2D eigenvalue weighted by molar-refractivity contribution is 5.37. The van der Waals surface area contributed by atoms with Crippen molar-refractivity contribution < 1.29 is 9.47 Å². The zero-order chi connectivity index (χ0) is 17.1. The first-order valence-corrected chi connectivity index (χ1v) is 9.16. The summed E-state index contributed by atoms with van der Waals surface area (Å²) in [5.41, 5.74) is 3.85. The number of aryl methyl sites for hydroxylation is 1. The van der Waals surface area contributed by atoms with Crippen molar-refractivity contribution in [3.8, 4) is 5.75 Å². The Morgan fingerprint density at radius 1 is 1.32 bits per heavy atom. The average molecular weight is 342 g/mol. The van der Waals surface area contributed by atoms with E-state index in [1.54, 1.807) is 7.11 Å². The Morgan fingerprint density at radius 3 is 3.12 bits per heavy atom. The second-order valence-corrected chi connectivity index (χ2v) is 7.12. The maximum atomic E-state index is 5.43. The van der Waals surface area contributed by atoms with Gasteiger partial charge in [-0.15, -0.1) is 5.10 Å². The molecule has 134 valence electrons. The zero-order valence-corrected chi connectivity index (χ0v) is 14.8. The van der Waals surface area contributed by atoms with Crippen LogP contribution in [0.5, 0.6) is 5.75 Å². The molecule has 4 rings (SSSR count). The van der Waals surface area contributed by atoms with Crippen molar-refractivity contribution in [1.82, 2.24) is 20.3 Å². The van der Waals surface area contributed by atoms with E-state index in [1.165, 1.54) is 11.1 Å². The molecule has 2 aromatic rings. The monoisotopic (exact) mass is 342 g/mol. The normalized spacial score (nSPS) is 22.8. The molecule has 0 bridgehead atoms. The van der Waals surface area contributed by atoms with E-state index in [2.05, 4.69) is 40.0 Å². The summed E-state index contributed by atoms with van der Waals surface area (Å²) in [6.07, 6.45) is 6.50. The molecule has 1 aromatic heterocycles. The van der Waals surface area contributed by atoms with Crippen LogP contribution in [0.4, 0.5) is 0 Å². The average Bonchev–Trinajstić information content (AvgIpc) is 3.31. The summed E-state index contributed by atoms with van der Waals surface area (Å²) in [5.74, 6) is 1.52. The van der Waals surface area contributed by atoms with Crippen LogP contribution in [-0.2, 0) is 30.7 Å². The van der Waals surface area contributed by atoms with Gasteiger partial charge in [-0.25, -0.2) is 0 Å². The van der Waals surface area contributed by atoms with Gasteiger partial charge in [-0.1, -0.05) is 11.3 Å². The first-order chi connectivity index (χ1) is 12.3. The summed E-state index contributed by atoms with van der Waals surface area (Å²) in [6, 6.07) is 6.90. The maximum absolute atomic E-state index is 5.43. The molecule has 2 aliphatic rings. The number of hydrogen-bond acceptors (Lipinski definition) is 5. The summed E-state index contributed by atoms with van der Waals surface area (Å²) in [5, 5.41) is 12.2. The summed E-state index contributed by atoms with van der Waals surface area (Å²) in [4.78, 5) is 0. The highest BCUT2D eigenvalue weighted by Crippen LogP contribution is 2.25. The van der Waals surface area contributed by atoms with Gasteiger partial charge in [-0.05, 0) is 48.9 Å². The Morgan fingerprint density at radius 2 is 2.28 bits per heavy atom. The number of benzene rings is 1. The van der Waals surface area contributed by atoms with Crippen LogP contribution >= 0.6 is 0 Å². The minimum absolute atomic E-state index is 0.480. The van der Waals surface area contributed by atoms with Gasteiger partial charge in [-0.2, -0.15) is 0 Å². The molecule has 0 saturated carbocycles. The molecular formula is C19H26N4O2. The van der Waals surface area contributed by atoms with Crippen molar-refractivity contribution >= 4 is 0 Å². The lowest BCUT2D eigenvalue weighted by atomic mass is 9.88. The molecule has 6 nitrogen and oxygen atoms in total. The van der Waals surface area contributed by atoms with Crippen LogP contribution in [0.3, 0.4) is 0 Å². The van der Waals surface area contributed by atoms with Crippen molar-refractivity contribution in [2.24, 2.45) is 5.92 Å². The van der Waals surface area contributed by atoms with Gasteiger partial charge in [0, 0.05) is 37.9 Å². The number of hydrogen-bond donors (Lipinski definition) is 1. The first kappa shape index (κ1) is 16.5. The molecule has 1 fully saturated rings. The van der Waals surface area contributed by atoms with Crippen molar-refractivity contribution in [3.05, 3.63) is 41.2 Å². The van der Waals surface area contributed by atoms with Crippen molar-refractivity contribution in [2.75, 3.05) is 20.3 Å². The Hall–Kier alpha value is -1.92.